The van der Waals surface area contributed by atoms with Crippen LogP contribution in [0.1, 0.15) is 37.7 Å². The van der Waals surface area contributed by atoms with Gasteiger partial charge in [-0.1, -0.05) is 22.4 Å². The van der Waals surface area contributed by atoms with Crippen molar-refractivity contribution in [2.24, 2.45) is 4.99 Å². The van der Waals surface area contributed by atoms with Crippen LogP contribution >= 0.6 is 15.9 Å². The van der Waals surface area contributed by atoms with E-state index >= 15 is 0 Å². The summed E-state index contributed by atoms with van der Waals surface area (Å²) in [6.07, 6.45) is 6.52. The molecule has 1 saturated heterocycles. The summed E-state index contributed by atoms with van der Waals surface area (Å²) in [5.41, 5.74) is 0.704. The van der Waals surface area contributed by atoms with Gasteiger partial charge >= 0.3 is 0 Å². The molecular formula is C16H21BrN2O2. The minimum Gasteiger partial charge on any atom is -0.507 e. The van der Waals surface area contributed by atoms with Crippen molar-refractivity contribution in [3.63, 3.8) is 0 Å². The van der Waals surface area contributed by atoms with E-state index in [1.54, 1.807) is 18.3 Å². The lowest BCUT2D eigenvalue weighted by atomic mass is 10.2. The number of aromatic hydroxyl groups is 1. The normalized spacial score (nSPS) is 16.4. The van der Waals surface area contributed by atoms with E-state index in [-0.39, 0.29) is 11.7 Å². The van der Waals surface area contributed by atoms with Crippen molar-refractivity contribution < 1.29 is 9.90 Å². The minimum atomic E-state index is 0.227. The van der Waals surface area contributed by atoms with Crippen LogP contribution < -0.4 is 0 Å². The number of benzene rings is 1. The first-order chi connectivity index (χ1) is 10.2. The molecule has 1 aromatic carbocycles. The standard InChI is InChI=1S/C16H21BrN2O2/c17-14-6-7-15(20)13(11-14)12-18-8-4-10-19-9-3-1-2-5-16(19)21/h6-7,11-12,20H,1-5,8-10H2. The van der Waals surface area contributed by atoms with Crippen molar-refractivity contribution in [2.45, 2.75) is 32.1 Å². The number of aliphatic imine (C=N–C) groups is 1. The third-order valence-electron chi connectivity index (χ3n) is 3.61. The van der Waals surface area contributed by atoms with Crippen molar-refractivity contribution in [2.75, 3.05) is 19.6 Å². The van der Waals surface area contributed by atoms with Crippen molar-refractivity contribution in [1.29, 1.82) is 0 Å². The number of phenolic OH excluding ortho intramolecular Hbond substituents is 1. The summed E-state index contributed by atoms with van der Waals surface area (Å²) < 4.78 is 0.914. The summed E-state index contributed by atoms with van der Waals surface area (Å²) in [7, 11) is 0. The first-order valence-electron chi connectivity index (χ1n) is 7.43. The van der Waals surface area contributed by atoms with Crippen molar-refractivity contribution in [3.8, 4) is 5.75 Å². The average Bonchev–Trinajstić information content (AvgIpc) is 2.67. The van der Waals surface area contributed by atoms with Gasteiger partial charge in [-0.25, -0.2) is 0 Å². The van der Waals surface area contributed by atoms with Crippen LogP contribution in [0.3, 0.4) is 0 Å². The number of carbonyl (C=O) groups is 1. The second-order valence-corrected chi connectivity index (χ2v) is 6.20. The molecule has 0 spiro atoms. The zero-order valence-electron chi connectivity index (χ0n) is 12.1. The van der Waals surface area contributed by atoms with Gasteiger partial charge in [-0.3, -0.25) is 9.79 Å². The number of phenols is 1. The zero-order chi connectivity index (χ0) is 15.1. The Balaban J connectivity index is 1.77. The molecule has 1 amide bonds. The van der Waals surface area contributed by atoms with Crippen LogP contribution in [0.2, 0.25) is 0 Å². The van der Waals surface area contributed by atoms with E-state index in [1.165, 1.54) is 0 Å². The van der Waals surface area contributed by atoms with Gasteiger partial charge in [0.15, 0.2) is 0 Å². The lowest BCUT2D eigenvalue weighted by Gasteiger charge is -2.19. The van der Waals surface area contributed by atoms with Crippen LogP contribution in [-0.4, -0.2) is 41.8 Å². The van der Waals surface area contributed by atoms with Gasteiger partial charge in [0.2, 0.25) is 5.91 Å². The van der Waals surface area contributed by atoms with Gasteiger partial charge in [-0.2, -0.15) is 0 Å². The molecule has 5 heteroatoms. The molecule has 1 N–H and O–H groups in total. The van der Waals surface area contributed by atoms with Gasteiger partial charge in [0.05, 0.1) is 0 Å². The number of hydrogen-bond acceptors (Lipinski definition) is 3. The van der Waals surface area contributed by atoms with E-state index in [0.29, 0.717) is 18.5 Å². The lowest BCUT2D eigenvalue weighted by Crippen LogP contribution is -2.31. The molecule has 1 aliphatic rings. The first kappa shape index (κ1) is 16.0. The van der Waals surface area contributed by atoms with E-state index in [2.05, 4.69) is 20.9 Å². The molecule has 1 fully saturated rings. The third-order valence-corrected chi connectivity index (χ3v) is 4.10. The Morgan fingerprint density at radius 1 is 1.33 bits per heavy atom. The van der Waals surface area contributed by atoms with E-state index in [1.807, 2.05) is 11.0 Å². The topological polar surface area (TPSA) is 52.9 Å². The molecule has 1 heterocycles. The van der Waals surface area contributed by atoms with Crippen LogP contribution in [0, 0.1) is 0 Å². The minimum absolute atomic E-state index is 0.227. The molecule has 0 atom stereocenters. The van der Waals surface area contributed by atoms with Gasteiger partial charge in [0.1, 0.15) is 5.75 Å². The summed E-state index contributed by atoms with van der Waals surface area (Å²) in [6.45, 7) is 2.32. The average molecular weight is 353 g/mol. The van der Waals surface area contributed by atoms with Crippen LogP contribution in [0.5, 0.6) is 5.75 Å². The Morgan fingerprint density at radius 3 is 3.05 bits per heavy atom. The fourth-order valence-electron chi connectivity index (χ4n) is 2.42. The molecule has 114 valence electrons. The fourth-order valence-corrected chi connectivity index (χ4v) is 2.80. The van der Waals surface area contributed by atoms with Gasteiger partial charge in [0, 0.05) is 42.3 Å². The highest BCUT2D eigenvalue weighted by Crippen LogP contribution is 2.20. The SMILES string of the molecule is O=C1CCCCCN1CCCN=Cc1cc(Br)ccc1O. The predicted molar refractivity (Wildman–Crippen MR) is 87.9 cm³/mol. The molecule has 0 bridgehead atoms. The van der Waals surface area contributed by atoms with E-state index in [9.17, 15) is 9.90 Å². The summed E-state index contributed by atoms with van der Waals surface area (Å²) in [4.78, 5) is 18.1. The van der Waals surface area contributed by atoms with Crippen LogP contribution in [0.25, 0.3) is 0 Å². The molecule has 0 saturated carbocycles. The number of likely N-dealkylation sites (tertiary alicyclic amines) is 1. The molecule has 1 aromatic rings. The second kappa shape index (κ2) is 8.17. The number of hydrogen-bond donors (Lipinski definition) is 1. The van der Waals surface area contributed by atoms with Crippen LogP contribution in [0.15, 0.2) is 27.7 Å². The highest BCUT2D eigenvalue weighted by Gasteiger charge is 2.15. The number of amides is 1. The number of carbonyl (C=O) groups excluding carboxylic acids is 1. The molecule has 2 rings (SSSR count). The molecule has 1 aliphatic heterocycles. The smallest absolute Gasteiger partial charge is 0.222 e. The summed E-state index contributed by atoms with van der Waals surface area (Å²) in [6, 6.07) is 5.26. The molecule has 0 aliphatic carbocycles. The molecule has 21 heavy (non-hydrogen) atoms. The fraction of sp³-hybridized carbons (Fsp3) is 0.500. The Morgan fingerprint density at radius 2 is 2.19 bits per heavy atom. The molecule has 0 unspecified atom stereocenters. The van der Waals surface area contributed by atoms with Crippen molar-refractivity contribution in [3.05, 3.63) is 28.2 Å². The Labute approximate surface area is 134 Å². The maximum atomic E-state index is 11.8. The maximum absolute atomic E-state index is 11.8. The number of rotatable bonds is 5. The first-order valence-corrected chi connectivity index (χ1v) is 8.22. The lowest BCUT2D eigenvalue weighted by molar-refractivity contribution is -0.130. The van der Waals surface area contributed by atoms with Crippen molar-refractivity contribution >= 4 is 28.1 Å². The highest BCUT2D eigenvalue weighted by molar-refractivity contribution is 9.10. The van der Waals surface area contributed by atoms with E-state index in [0.717, 1.165) is 43.2 Å². The number of halogens is 1. The van der Waals surface area contributed by atoms with Gasteiger partial charge in [0.25, 0.3) is 0 Å². The Kier molecular flexibility index (Phi) is 6.23. The maximum Gasteiger partial charge on any atom is 0.222 e. The quantitative estimate of drug-likeness (QED) is 0.652. The summed E-state index contributed by atoms with van der Waals surface area (Å²) in [5.74, 6) is 0.505. The largest absolute Gasteiger partial charge is 0.507 e. The molecule has 4 nitrogen and oxygen atoms in total. The zero-order valence-corrected chi connectivity index (χ0v) is 13.7. The van der Waals surface area contributed by atoms with Crippen LogP contribution in [-0.2, 0) is 4.79 Å². The van der Waals surface area contributed by atoms with Gasteiger partial charge < -0.3 is 10.0 Å². The third kappa shape index (κ3) is 5.16. The van der Waals surface area contributed by atoms with E-state index < -0.39 is 0 Å². The summed E-state index contributed by atoms with van der Waals surface area (Å²) >= 11 is 3.37. The van der Waals surface area contributed by atoms with Gasteiger partial charge in [-0.05, 0) is 37.5 Å². The second-order valence-electron chi connectivity index (χ2n) is 5.28. The van der Waals surface area contributed by atoms with Crippen molar-refractivity contribution in [1.82, 2.24) is 4.90 Å². The molecular weight excluding hydrogens is 332 g/mol. The molecule has 0 aromatic heterocycles. The summed E-state index contributed by atoms with van der Waals surface area (Å²) in [5, 5.41) is 9.70. The number of nitrogens with zero attached hydrogens (tertiary/aromatic N) is 2. The van der Waals surface area contributed by atoms with E-state index in [4.69, 9.17) is 0 Å². The Bertz CT molecular complexity index is 517. The van der Waals surface area contributed by atoms with Crippen LogP contribution in [0.4, 0.5) is 0 Å². The predicted octanol–water partition coefficient (Wildman–Crippen LogP) is 3.37. The monoisotopic (exact) mass is 352 g/mol. The Hall–Kier alpha value is -1.36. The highest BCUT2D eigenvalue weighted by atomic mass is 79.9. The van der Waals surface area contributed by atoms with Gasteiger partial charge in [-0.15, -0.1) is 0 Å². The molecule has 0 radical (unpaired) electrons.